The van der Waals surface area contributed by atoms with Gasteiger partial charge in [-0.25, -0.2) is 23.7 Å². The lowest BCUT2D eigenvalue weighted by atomic mass is 9.84. The summed E-state index contributed by atoms with van der Waals surface area (Å²) in [5.41, 5.74) is 14.9. The zero-order valence-electron chi connectivity index (χ0n) is 19.7. The summed E-state index contributed by atoms with van der Waals surface area (Å²) in [6, 6.07) is 2.12. The molecule has 2 atom stereocenters. The van der Waals surface area contributed by atoms with Gasteiger partial charge in [-0.3, -0.25) is 4.98 Å². The van der Waals surface area contributed by atoms with Crippen LogP contribution in [0.5, 0.6) is 0 Å². The zero-order chi connectivity index (χ0) is 24.6. The number of hydrogen-bond acceptors (Lipinski definition) is 8. The van der Waals surface area contributed by atoms with Gasteiger partial charge >= 0.3 is 0 Å². The van der Waals surface area contributed by atoms with Crippen molar-refractivity contribution < 1.29 is 13.9 Å². The number of nitrogens with zero attached hydrogens (tertiary/aromatic N) is 6. The fraction of sp³-hybridized carbons (Fsp3) is 0.583. The van der Waals surface area contributed by atoms with Crippen molar-refractivity contribution in [3.8, 4) is 0 Å². The lowest BCUT2D eigenvalue weighted by molar-refractivity contribution is -0.0529. The molecule has 3 aromatic heterocycles. The van der Waals surface area contributed by atoms with Crippen LogP contribution in [-0.4, -0.2) is 60.8 Å². The molecular formula is C24H32F2N8O. The fourth-order valence-electron chi connectivity index (χ4n) is 5.55. The Balaban J connectivity index is 1.52. The van der Waals surface area contributed by atoms with Crippen LogP contribution in [0.4, 0.5) is 20.3 Å². The van der Waals surface area contributed by atoms with Gasteiger partial charge in [0.25, 0.3) is 6.43 Å². The summed E-state index contributed by atoms with van der Waals surface area (Å²) < 4.78 is 28.6. The molecule has 0 bridgehead atoms. The SMILES string of the molecule is Nc1ncnc2c1ncn2Cc1cc(C2CCCCC2)ncc1N1CCC[C@](N)([C@H](O)C(F)F)C1. The van der Waals surface area contributed by atoms with Crippen molar-refractivity contribution in [2.75, 3.05) is 23.7 Å². The van der Waals surface area contributed by atoms with E-state index in [0.717, 1.165) is 29.8 Å². The highest BCUT2D eigenvalue weighted by Gasteiger charge is 2.43. The molecule has 1 saturated carbocycles. The Kier molecular flexibility index (Phi) is 6.54. The highest BCUT2D eigenvalue weighted by atomic mass is 19.3. The van der Waals surface area contributed by atoms with Crippen LogP contribution in [0, 0.1) is 0 Å². The molecule has 0 radical (unpaired) electrons. The number of aliphatic hydroxyl groups excluding tert-OH is 1. The number of alkyl halides is 2. The van der Waals surface area contributed by atoms with Gasteiger partial charge in [-0.15, -0.1) is 0 Å². The van der Waals surface area contributed by atoms with Crippen LogP contribution in [0.15, 0.2) is 24.9 Å². The molecule has 35 heavy (non-hydrogen) atoms. The van der Waals surface area contributed by atoms with Gasteiger partial charge in [0.2, 0.25) is 0 Å². The Morgan fingerprint density at radius 1 is 1.11 bits per heavy atom. The molecule has 11 heteroatoms. The molecule has 2 fully saturated rings. The molecule has 4 heterocycles. The smallest absolute Gasteiger partial charge is 0.265 e. The van der Waals surface area contributed by atoms with E-state index in [9.17, 15) is 13.9 Å². The maximum absolute atomic E-state index is 13.4. The average molecular weight is 487 g/mol. The molecule has 1 aliphatic heterocycles. The van der Waals surface area contributed by atoms with Crippen LogP contribution in [0.25, 0.3) is 11.2 Å². The third-order valence-corrected chi connectivity index (χ3v) is 7.50. The summed E-state index contributed by atoms with van der Waals surface area (Å²) in [7, 11) is 0. The third kappa shape index (κ3) is 4.66. The number of aliphatic hydroxyl groups is 1. The second-order valence-electron chi connectivity index (χ2n) is 9.91. The predicted molar refractivity (Wildman–Crippen MR) is 129 cm³/mol. The number of anilines is 2. The number of rotatable bonds is 6. The number of halogens is 2. The van der Waals surface area contributed by atoms with Crippen molar-refractivity contribution >= 4 is 22.7 Å². The number of hydrogen-bond donors (Lipinski definition) is 3. The van der Waals surface area contributed by atoms with E-state index in [1.165, 1.54) is 25.6 Å². The van der Waals surface area contributed by atoms with Crippen LogP contribution >= 0.6 is 0 Å². The summed E-state index contributed by atoms with van der Waals surface area (Å²) in [6.07, 6.45) is 6.94. The van der Waals surface area contributed by atoms with Crippen molar-refractivity contribution in [1.29, 1.82) is 0 Å². The molecule has 1 aliphatic carbocycles. The van der Waals surface area contributed by atoms with E-state index in [2.05, 4.69) is 21.0 Å². The van der Waals surface area contributed by atoms with E-state index < -0.39 is 18.1 Å². The lowest BCUT2D eigenvalue weighted by Crippen LogP contribution is -2.63. The average Bonchev–Trinajstić information content (AvgIpc) is 3.28. The molecule has 188 valence electrons. The maximum atomic E-state index is 13.4. The molecule has 0 unspecified atom stereocenters. The summed E-state index contributed by atoms with van der Waals surface area (Å²) in [6.45, 7) is 1.22. The van der Waals surface area contributed by atoms with Gasteiger partial charge in [-0.1, -0.05) is 19.3 Å². The second kappa shape index (κ2) is 9.62. The number of fused-ring (bicyclic) bond motifs is 1. The van der Waals surface area contributed by atoms with Crippen LogP contribution < -0.4 is 16.4 Å². The first-order valence-electron chi connectivity index (χ1n) is 12.3. The van der Waals surface area contributed by atoms with E-state index in [1.54, 1.807) is 6.33 Å². The van der Waals surface area contributed by atoms with Gasteiger partial charge in [0.15, 0.2) is 11.5 Å². The quantitative estimate of drug-likeness (QED) is 0.485. The topological polar surface area (TPSA) is 132 Å². The van der Waals surface area contributed by atoms with Gasteiger partial charge in [0.05, 0.1) is 30.3 Å². The Bertz CT molecular complexity index is 1180. The number of pyridine rings is 1. The first-order chi connectivity index (χ1) is 16.9. The zero-order valence-corrected chi connectivity index (χ0v) is 19.7. The second-order valence-corrected chi connectivity index (χ2v) is 9.91. The van der Waals surface area contributed by atoms with Gasteiger partial charge in [0, 0.05) is 24.7 Å². The summed E-state index contributed by atoms with van der Waals surface area (Å²) in [5, 5.41) is 10.2. The Labute approximate surface area is 202 Å². The Hall–Kier alpha value is -2.92. The molecular weight excluding hydrogens is 454 g/mol. The molecule has 0 spiro atoms. The van der Waals surface area contributed by atoms with Crippen LogP contribution in [0.3, 0.4) is 0 Å². The standard InChI is InChI=1S/C24H32F2N8O/c25-21(26)20(35)24(28)7-4-8-33(12-24)18-10-29-17(15-5-2-1-3-6-15)9-16(18)11-34-14-32-19-22(27)30-13-31-23(19)34/h9-10,13-15,20-21,35H,1-8,11-12,28H2,(H2,27,30,31)/t20-,24-/m1/s1. The third-order valence-electron chi connectivity index (χ3n) is 7.50. The summed E-state index contributed by atoms with van der Waals surface area (Å²) >= 11 is 0. The van der Waals surface area contributed by atoms with Crippen molar-refractivity contribution in [3.05, 3.63) is 36.2 Å². The Morgan fingerprint density at radius 2 is 1.91 bits per heavy atom. The highest BCUT2D eigenvalue weighted by Crippen LogP contribution is 2.36. The molecule has 1 saturated heterocycles. The summed E-state index contributed by atoms with van der Waals surface area (Å²) in [5.74, 6) is 0.723. The minimum atomic E-state index is -2.89. The normalized spacial score (nSPS) is 22.7. The number of nitrogen functional groups attached to an aromatic ring is 1. The van der Waals surface area contributed by atoms with E-state index >= 15 is 0 Å². The monoisotopic (exact) mass is 486 g/mol. The van der Waals surface area contributed by atoms with E-state index in [4.69, 9.17) is 16.5 Å². The van der Waals surface area contributed by atoms with Crippen molar-refractivity contribution in [2.24, 2.45) is 5.73 Å². The van der Waals surface area contributed by atoms with Gasteiger partial charge in [-0.2, -0.15) is 0 Å². The van der Waals surface area contributed by atoms with E-state index in [-0.39, 0.29) is 6.54 Å². The molecule has 0 aromatic carbocycles. The van der Waals surface area contributed by atoms with Crippen molar-refractivity contribution in [2.45, 2.75) is 75.5 Å². The van der Waals surface area contributed by atoms with E-state index in [0.29, 0.717) is 48.8 Å². The van der Waals surface area contributed by atoms with Crippen LogP contribution in [-0.2, 0) is 6.54 Å². The largest absolute Gasteiger partial charge is 0.385 e. The Morgan fingerprint density at radius 3 is 2.69 bits per heavy atom. The van der Waals surface area contributed by atoms with Crippen LogP contribution in [0.1, 0.15) is 62.1 Å². The molecule has 5 N–H and O–H groups in total. The molecule has 9 nitrogen and oxygen atoms in total. The minimum Gasteiger partial charge on any atom is -0.385 e. The van der Waals surface area contributed by atoms with Gasteiger partial charge in [0.1, 0.15) is 17.9 Å². The van der Waals surface area contributed by atoms with Crippen LogP contribution in [0.2, 0.25) is 0 Å². The maximum Gasteiger partial charge on any atom is 0.265 e. The summed E-state index contributed by atoms with van der Waals surface area (Å²) in [4.78, 5) is 19.5. The number of piperidine rings is 1. The first kappa shape index (κ1) is 23.8. The molecule has 5 rings (SSSR count). The van der Waals surface area contributed by atoms with Crippen molar-refractivity contribution in [3.63, 3.8) is 0 Å². The predicted octanol–water partition coefficient (Wildman–Crippen LogP) is 2.82. The number of imidazole rings is 1. The lowest BCUT2D eigenvalue weighted by Gasteiger charge is -2.44. The van der Waals surface area contributed by atoms with Gasteiger partial charge in [-0.05, 0) is 37.3 Å². The first-order valence-corrected chi connectivity index (χ1v) is 12.3. The molecule has 3 aromatic rings. The number of nitrogens with two attached hydrogens (primary N) is 2. The minimum absolute atomic E-state index is 0.121. The molecule has 0 amide bonds. The molecule has 2 aliphatic rings. The fourth-order valence-corrected chi connectivity index (χ4v) is 5.55. The van der Waals surface area contributed by atoms with Gasteiger partial charge < -0.3 is 26.0 Å². The number of aromatic nitrogens is 5. The van der Waals surface area contributed by atoms with E-state index in [1.807, 2.05) is 15.7 Å². The highest BCUT2D eigenvalue weighted by molar-refractivity contribution is 5.81. The van der Waals surface area contributed by atoms with Crippen molar-refractivity contribution in [1.82, 2.24) is 24.5 Å².